The summed E-state index contributed by atoms with van der Waals surface area (Å²) >= 11 is 1.48. The summed E-state index contributed by atoms with van der Waals surface area (Å²) < 4.78 is 4.39. The molecule has 16 heavy (non-hydrogen) atoms. The molecule has 3 N–H and O–H groups in total. The summed E-state index contributed by atoms with van der Waals surface area (Å²) in [5.74, 6) is 2.23. The maximum absolute atomic E-state index is 5.61. The first-order chi connectivity index (χ1) is 7.70. The highest BCUT2D eigenvalue weighted by molar-refractivity contribution is 7.09. The zero-order valence-electron chi connectivity index (χ0n) is 9.94. The highest BCUT2D eigenvalue weighted by Gasteiger charge is 2.28. The summed E-state index contributed by atoms with van der Waals surface area (Å²) in [6.07, 6.45) is 3.50. The molecule has 0 amide bonds. The zero-order valence-corrected chi connectivity index (χ0v) is 10.8. The molecule has 1 aliphatic carbocycles. The van der Waals surface area contributed by atoms with Crippen LogP contribution in [-0.2, 0) is 0 Å². The molecule has 1 aromatic heterocycles. The molecule has 1 aliphatic rings. The quantitative estimate of drug-likeness (QED) is 0.800. The number of hydrogen-bond donors (Lipinski definition) is 2. The minimum absolute atomic E-state index is 0.407. The molecule has 1 unspecified atom stereocenters. The third-order valence-electron chi connectivity index (χ3n) is 2.98. The minimum atomic E-state index is 0.407. The molecule has 1 saturated carbocycles. The Balaban J connectivity index is 1.94. The first kappa shape index (κ1) is 11.8. The summed E-state index contributed by atoms with van der Waals surface area (Å²) in [5.41, 5.74) is 5.61. The molecule has 1 fully saturated rings. The van der Waals surface area contributed by atoms with Gasteiger partial charge in [-0.05, 0) is 31.7 Å². The molecule has 90 valence electrons. The second kappa shape index (κ2) is 5.10. The molecular weight excluding hydrogens is 220 g/mol. The monoisotopic (exact) mass is 240 g/mol. The van der Waals surface area contributed by atoms with Crippen LogP contribution in [0.2, 0.25) is 0 Å². The summed E-state index contributed by atoms with van der Waals surface area (Å²) in [6, 6.07) is 0.407. The molecular formula is C11H20N4S. The van der Waals surface area contributed by atoms with E-state index in [1.54, 1.807) is 0 Å². The Morgan fingerprint density at radius 1 is 1.50 bits per heavy atom. The minimum Gasteiger partial charge on any atom is -0.357 e. The average Bonchev–Trinajstić information content (AvgIpc) is 2.99. The van der Waals surface area contributed by atoms with Gasteiger partial charge in [0.1, 0.15) is 5.82 Å². The van der Waals surface area contributed by atoms with Crippen molar-refractivity contribution in [3.63, 3.8) is 0 Å². The molecule has 0 saturated heterocycles. The van der Waals surface area contributed by atoms with Crippen molar-refractivity contribution >= 4 is 16.7 Å². The normalized spacial score (nSPS) is 17.8. The maximum atomic E-state index is 5.61. The molecule has 0 radical (unpaired) electrons. The molecule has 1 aromatic rings. The van der Waals surface area contributed by atoms with Crippen LogP contribution in [0.25, 0.3) is 0 Å². The van der Waals surface area contributed by atoms with Crippen LogP contribution in [0.15, 0.2) is 0 Å². The van der Waals surface area contributed by atoms with E-state index in [0.717, 1.165) is 17.4 Å². The topological polar surface area (TPSA) is 63.8 Å². The van der Waals surface area contributed by atoms with Gasteiger partial charge in [-0.25, -0.2) is 4.98 Å². The van der Waals surface area contributed by atoms with Crippen LogP contribution < -0.4 is 11.1 Å². The van der Waals surface area contributed by atoms with Crippen LogP contribution >= 0.6 is 11.5 Å². The van der Waals surface area contributed by atoms with Crippen molar-refractivity contribution < 1.29 is 0 Å². The molecule has 4 nitrogen and oxygen atoms in total. The number of aromatic nitrogens is 2. The third-order valence-corrected chi connectivity index (χ3v) is 3.64. The number of hydrogen-bond acceptors (Lipinski definition) is 5. The molecule has 1 heterocycles. The third kappa shape index (κ3) is 2.92. The number of nitrogens with zero attached hydrogens (tertiary/aromatic N) is 2. The largest absolute Gasteiger partial charge is 0.357 e. The van der Waals surface area contributed by atoms with E-state index >= 15 is 0 Å². The van der Waals surface area contributed by atoms with Gasteiger partial charge >= 0.3 is 0 Å². The second-order valence-electron chi connectivity index (χ2n) is 4.80. The molecule has 1 atom stereocenters. The molecule has 5 heteroatoms. The fourth-order valence-electron chi connectivity index (χ4n) is 1.71. The van der Waals surface area contributed by atoms with Gasteiger partial charge < -0.3 is 11.1 Å². The lowest BCUT2D eigenvalue weighted by Crippen LogP contribution is -2.28. The van der Waals surface area contributed by atoms with E-state index in [4.69, 9.17) is 5.73 Å². The molecule has 2 rings (SSSR count). The van der Waals surface area contributed by atoms with E-state index < -0.39 is 0 Å². The van der Waals surface area contributed by atoms with Gasteiger partial charge in [0.25, 0.3) is 0 Å². The predicted octanol–water partition coefficient (Wildman–Crippen LogP) is 2.20. The van der Waals surface area contributed by atoms with Crippen molar-refractivity contribution in [3.05, 3.63) is 5.82 Å². The molecule has 0 aliphatic heterocycles. The van der Waals surface area contributed by atoms with Gasteiger partial charge in [0.15, 0.2) is 0 Å². The van der Waals surface area contributed by atoms with E-state index in [1.807, 2.05) is 0 Å². The first-order valence-electron chi connectivity index (χ1n) is 6.01. The lowest BCUT2D eigenvalue weighted by Gasteiger charge is -2.20. The predicted molar refractivity (Wildman–Crippen MR) is 67.8 cm³/mol. The number of anilines is 1. The van der Waals surface area contributed by atoms with E-state index in [1.165, 1.54) is 24.4 Å². The van der Waals surface area contributed by atoms with Crippen molar-refractivity contribution in [1.82, 2.24) is 9.36 Å². The van der Waals surface area contributed by atoms with Crippen LogP contribution in [-0.4, -0.2) is 21.9 Å². The SMILES string of the molecule is CC(C)C(CCN)Nc1nc(C2CC2)ns1. The van der Waals surface area contributed by atoms with Gasteiger partial charge in [-0.15, -0.1) is 0 Å². The van der Waals surface area contributed by atoms with Crippen LogP contribution in [0.5, 0.6) is 0 Å². The highest BCUT2D eigenvalue weighted by atomic mass is 32.1. The Labute approximate surface area is 101 Å². The van der Waals surface area contributed by atoms with Gasteiger partial charge in [-0.2, -0.15) is 4.37 Å². The number of nitrogens with two attached hydrogens (primary N) is 1. The van der Waals surface area contributed by atoms with Crippen molar-refractivity contribution in [2.75, 3.05) is 11.9 Å². The average molecular weight is 240 g/mol. The zero-order chi connectivity index (χ0) is 11.5. The van der Waals surface area contributed by atoms with E-state index in [2.05, 4.69) is 28.5 Å². The van der Waals surface area contributed by atoms with Crippen molar-refractivity contribution in [3.8, 4) is 0 Å². The van der Waals surface area contributed by atoms with Gasteiger partial charge in [0.2, 0.25) is 5.13 Å². The second-order valence-corrected chi connectivity index (χ2v) is 5.56. The fraction of sp³-hybridized carbons (Fsp3) is 0.818. The number of rotatable bonds is 6. The van der Waals surface area contributed by atoms with Crippen LogP contribution in [0.4, 0.5) is 5.13 Å². The van der Waals surface area contributed by atoms with Gasteiger partial charge in [0, 0.05) is 23.5 Å². The lowest BCUT2D eigenvalue weighted by molar-refractivity contribution is 0.498. The highest BCUT2D eigenvalue weighted by Crippen LogP contribution is 2.39. The maximum Gasteiger partial charge on any atom is 0.202 e. The fourth-order valence-corrected chi connectivity index (χ4v) is 2.42. The first-order valence-corrected chi connectivity index (χ1v) is 6.78. The van der Waals surface area contributed by atoms with Crippen LogP contribution in [0.1, 0.15) is 44.9 Å². The Morgan fingerprint density at radius 3 is 2.81 bits per heavy atom. The van der Waals surface area contributed by atoms with Crippen LogP contribution in [0.3, 0.4) is 0 Å². The van der Waals surface area contributed by atoms with E-state index in [-0.39, 0.29) is 0 Å². The van der Waals surface area contributed by atoms with Crippen molar-refractivity contribution in [1.29, 1.82) is 0 Å². The lowest BCUT2D eigenvalue weighted by atomic mass is 10.0. The van der Waals surface area contributed by atoms with Crippen LogP contribution in [0, 0.1) is 5.92 Å². The Morgan fingerprint density at radius 2 is 2.25 bits per heavy atom. The van der Waals surface area contributed by atoms with E-state index in [9.17, 15) is 0 Å². The van der Waals surface area contributed by atoms with Gasteiger partial charge in [0.05, 0.1) is 0 Å². The Kier molecular flexibility index (Phi) is 3.76. The smallest absolute Gasteiger partial charge is 0.202 e. The van der Waals surface area contributed by atoms with Crippen molar-refractivity contribution in [2.24, 2.45) is 11.7 Å². The van der Waals surface area contributed by atoms with Gasteiger partial charge in [-0.1, -0.05) is 13.8 Å². The Bertz CT molecular complexity index is 332. The molecule has 0 bridgehead atoms. The molecule has 0 aromatic carbocycles. The van der Waals surface area contributed by atoms with Gasteiger partial charge in [-0.3, -0.25) is 0 Å². The summed E-state index contributed by atoms with van der Waals surface area (Å²) in [5, 5.41) is 4.40. The standard InChI is InChI=1S/C11H20N4S/c1-7(2)9(5-6-12)13-11-14-10(15-16-11)8-3-4-8/h7-9H,3-6,12H2,1-2H3,(H,13,14,15). The number of nitrogens with one attached hydrogen (secondary N) is 1. The summed E-state index contributed by atoms with van der Waals surface area (Å²) in [6.45, 7) is 5.12. The van der Waals surface area contributed by atoms with E-state index in [0.29, 0.717) is 24.4 Å². The van der Waals surface area contributed by atoms with Crippen molar-refractivity contribution in [2.45, 2.75) is 45.1 Å². The Hall–Kier alpha value is -0.680. The summed E-state index contributed by atoms with van der Waals surface area (Å²) in [4.78, 5) is 4.53. The summed E-state index contributed by atoms with van der Waals surface area (Å²) in [7, 11) is 0. The molecule has 0 spiro atoms.